The van der Waals surface area contributed by atoms with Gasteiger partial charge in [0.2, 0.25) is 0 Å². The number of carbonyl (C=O) groups is 1. The fourth-order valence-corrected chi connectivity index (χ4v) is 6.71. The van der Waals surface area contributed by atoms with Gasteiger partial charge in [-0.1, -0.05) is 19.1 Å². The smallest absolute Gasteiger partial charge is 0.186 e. The van der Waals surface area contributed by atoms with Gasteiger partial charge in [0.15, 0.2) is 12.1 Å². The van der Waals surface area contributed by atoms with Crippen molar-refractivity contribution < 1.29 is 19.0 Å². The third-order valence-corrected chi connectivity index (χ3v) is 7.77. The lowest BCUT2D eigenvalue weighted by Crippen LogP contribution is -2.48. The Labute approximate surface area is 190 Å². The van der Waals surface area contributed by atoms with E-state index in [9.17, 15) is 4.79 Å². The van der Waals surface area contributed by atoms with Crippen LogP contribution < -0.4 is 0 Å². The van der Waals surface area contributed by atoms with Crippen LogP contribution in [0, 0.1) is 29.1 Å². The third-order valence-electron chi connectivity index (χ3n) is 7.77. The topological polar surface area (TPSA) is 75.5 Å². The molecule has 7 nitrogen and oxygen atoms in total. The van der Waals surface area contributed by atoms with Gasteiger partial charge in [0.1, 0.15) is 11.8 Å². The summed E-state index contributed by atoms with van der Waals surface area (Å²) in [5.74, 6) is 3.31. The zero-order valence-electron chi connectivity index (χ0n) is 19.4. The number of ketones is 1. The van der Waals surface area contributed by atoms with Gasteiger partial charge in [0.05, 0.1) is 32.6 Å². The number of hydrogen-bond acceptors (Lipinski definition) is 6. The number of nitrogens with zero attached hydrogens (tertiary/aromatic N) is 3. The molecular formula is C25H37N3O4. The van der Waals surface area contributed by atoms with Gasteiger partial charge in [-0.2, -0.15) is 0 Å². The Balaban J connectivity index is 1.09. The first-order valence-corrected chi connectivity index (χ1v) is 12.4. The van der Waals surface area contributed by atoms with E-state index in [1.165, 1.54) is 38.5 Å². The fraction of sp³-hybridized carbons (Fsp3) is 0.800. The highest BCUT2D eigenvalue weighted by Crippen LogP contribution is 2.60. The Bertz CT molecular complexity index is 798. The zero-order chi connectivity index (χ0) is 22.1. The highest BCUT2D eigenvalue weighted by molar-refractivity contribution is 5.94. The van der Waals surface area contributed by atoms with Crippen molar-refractivity contribution in [1.82, 2.24) is 15.0 Å². The van der Waals surface area contributed by atoms with Crippen molar-refractivity contribution in [3.63, 3.8) is 0 Å². The van der Waals surface area contributed by atoms with Crippen LogP contribution in [0.4, 0.5) is 0 Å². The lowest BCUT2D eigenvalue weighted by atomic mass is 9.50. The minimum Gasteiger partial charge on any atom is -0.374 e. The lowest BCUT2D eigenvalue weighted by molar-refractivity contribution is -0.166. The van der Waals surface area contributed by atoms with Crippen molar-refractivity contribution in [2.24, 2.45) is 29.1 Å². The maximum absolute atomic E-state index is 12.3. The van der Waals surface area contributed by atoms with E-state index in [0.29, 0.717) is 31.1 Å². The number of ether oxygens (including phenoxy) is 3. The summed E-state index contributed by atoms with van der Waals surface area (Å²) in [7, 11) is 0. The van der Waals surface area contributed by atoms with Crippen LogP contribution in [0.15, 0.2) is 18.3 Å². The van der Waals surface area contributed by atoms with Crippen molar-refractivity contribution in [3.8, 4) is 0 Å². The molecule has 7 heteroatoms. The Kier molecular flexibility index (Phi) is 6.50. The number of hydrogen-bond donors (Lipinski definition) is 0. The summed E-state index contributed by atoms with van der Waals surface area (Å²) in [6.07, 6.45) is 13.4. The van der Waals surface area contributed by atoms with E-state index >= 15 is 0 Å². The molecular weight excluding hydrogens is 406 g/mol. The molecule has 0 N–H and O–H groups in total. The van der Waals surface area contributed by atoms with Crippen LogP contribution in [-0.2, 0) is 32.2 Å². The van der Waals surface area contributed by atoms with E-state index in [4.69, 9.17) is 14.2 Å². The van der Waals surface area contributed by atoms with Crippen LogP contribution in [0.2, 0.25) is 0 Å². The Morgan fingerprint density at radius 3 is 2.59 bits per heavy atom. The normalized spacial score (nSPS) is 35.8. The van der Waals surface area contributed by atoms with Gasteiger partial charge in [-0.25, -0.2) is 4.68 Å². The van der Waals surface area contributed by atoms with Crippen molar-refractivity contribution in [1.29, 1.82) is 0 Å². The van der Waals surface area contributed by atoms with Crippen LogP contribution in [0.3, 0.4) is 0 Å². The molecule has 0 aromatic carbocycles. The number of rotatable bonds is 10. The SMILES string of the molecule is CC(C)CCO[C@@H]1C=CC(=O)[C@@H](Cn2cc(COCC34CC5CC(CC(C5)C3)C4)nn2)O1. The fourth-order valence-electron chi connectivity index (χ4n) is 6.71. The first-order chi connectivity index (χ1) is 15.5. The van der Waals surface area contributed by atoms with E-state index in [-0.39, 0.29) is 5.78 Å². The van der Waals surface area contributed by atoms with Gasteiger partial charge in [-0.05, 0) is 86.2 Å². The van der Waals surface area contributed by atoms with E-state index in [1.54, 1.807) is 16.8 Å². The summed E-state index contributed by atoms with van der Waals surface area (Å²) in [6, 6.07) is 0. The maximum Gasteiger partial charge on any atom is 0.186 e. The van der Waals surface area contributed by atoms with Crippen LogP contribution in [0.25, 0.3) is 0 Å². The molecule has 32 heavy (non-hydrogen) atoms. The summed E-state index contributed by atoms with van der Waals surface area (Å²) < 4.78 is 19.4. The number of aromatic nitrogens is 3. The standard InChI is InChI=1S/C25H37N3O4/c1-17(2)5-6-31-24-4-3-22(29)23(32-24)14-28-13-21(26-27-28)15-30-16-25-10-18-7-19(11-25)9-20(8-18)12-25/h3-4,13,17-20,23-24H,5-12,14-16H2,1-2H3/t18?,19?,20?,23-,24+,25?/m1/s1. The van der Waals surface area contributed by atoms with E-state index in [2.05, 4.69) is 24.2 Å². The quantitative estimate of drug-likeness (QED) is 0.546. The summed E-state index contributed by atoms with van der Waals surface area (Å²) in [4.78, 5) is 12.3. The molecule has 0 radical (unpaired) electrons. The molecule has 1 aromatic rings. The third kappa shape index (κ3) is 5.15. The molecule has 2 heterocycles. The molecule has 0 saturated heterocycles. The number of carbonyl (C=O) groups excluding carboxylic acids is 1. The van der Waals surface area contributed by atoms with Crippen molar-refractivity contribution >= 4 is 5.78 Å². The Morgan fingerprint density at radius 1 is 1.19 bits per heavy atom. The molecule has 0 spiro atoms. The van der Waals surface area contributed by atoms with Gasteiger partial charge in [0, 0.05) is 0 Å². The van der Waals surface area contributed by atoms with Crippen molar-refractivity contribution in [3.05, 3.63) is 24.0 Å². The van der Waals surface area contributed by atoms with Crippen molar-refractivity contribution in [2.45, 2.75) is 84.3 Å². The highest BCUT2D eigenvalue weighted by atomic mass is 16.7. The van der Waals surface area contributed by atoms with Gasteiger partial charge in [-0.15, -0.1) is 5.10 Å². The van der Waals surface area contributed by atoms with Crippen LogP contribution in [0.5, 0.6) is 0 Å². The van der Waals surface area contributed by atoms with E-state index in [0.717, 1.165) is 36.5 Å². The molecule has 4 aliphatic carbocycles. The molecule has 4 bridgehead atoms. The first kappa shape index (κ1) is 22.2. The second-order valence-corrected chi connectivity index (χ2v) is 11.2. The molecule has 5 aliphatic rings. The van der Waals surface area contributed by atoms with Gasteiger partial charge in [-0.3, -0.25) is 4.79 Å². The first-order valence-electron chi connectivity index (χ1n) is 12.4. The van der Waals surface area contributed by atoms with Gasteiger partial charge in [0.25, 0.3) is 0 Å². The molecule has 1 aromatic heterocycles. The molecule has 4 fully saturated rings. The predicted octanol–water partition coefficient (Wildman–Crippen LogP) is 3.92. The second-order valence-electron chi connectivity index (χ2n) is 11.2. The average Bonchev–Trinajstić information content (AvgIpc) is 3.16. The molecule has 4 saturated carbocycles. The second kappa shape index (κ2) is 9.35. The minimum atomic E-state index is -0.605. The van der Waals surface area contributed by atoms with Crippen LogP contribution >= 0.6 is 0 Å². The van der Waals surface area contributed by atoms with Gasteiger partial charge >= 0.3 is 0 Å². The van der Waals surface area contributed by atoms with Crippen LogP contribution in [0.1, 0.15) is 64.5 Å². The molecule has 2 atom stereocenters. The molecule has 6 rings (SSSR count). The summed E-state index contributed by atoms with van der Waals surface area (Å²) >= 11 is 0. The highest BCUT2D eigenvalue weighted by Gasteiger charge is 2.50. The summed E-state index contributed by atoms with van der Waals surface area (Å²) in [5.41, 5.74) is 1.21. The molecule has 176 valence electrons. The largest absolute Gasteiger partial charge is 0.374 e. The summed E-state index contributed by atoms with van der Waals surface area (Å²) in [6.45, 7) is 6.57. The van der Waals surface area contributed by atoms with Crippen LogP contribution in [-0.4, -0.2) is 46.4 Å². The van der Waals surface area contributed by atoms with Gasteiger partial charge < -0.3 is 14.2 Å². The van der Waals surface area contributed by atoms with E-state index in [1.807, 2.05) is 6.20 Å². The predicted molar refractivity (Wildman–Crippen MR) is 118 cm³/mol. The molecule has 0 unspecified atom stereocenters. The minimum absolute atomic E-state index is 0.0659. The summed E-state index contributed by atoms with van der Waals surface area (Å²) in [5, 5.41) is 8.44. The van der Waals surface area contributed by atoms with Crippen molar-refractivity contribution in [2.75, 3.05) is 13.2 Å². The molecule has 1 aliphatic heterocycles. The maximum atomic E-state index is 12.3. The van der Waals surface area contributed by atoms with E-state index < -0.39 is 12.4 Å². The zero-order valence-corrected chi connectivity index (χ0v) is 19.4. The lowest BCUT2D eigenvalue weighted by Gasteiger charge is -2.56. The Hall–Kier alpha value is -1.57. The monoisotopic (exact) mass is 443 g/mol. The average molecular weight is 444 g/mol. The molecule has 0 amide bonds. The Morgan fingerprint density at radius 2 is 1.91 bits per heavy atom.